The highest BCUT2D eigenvalue weighted by molar-refractivity contribution is 6.01. The summed E-state index contributed by atoms with van der Waals surface area (Å²) in [6.07, 6.45) is 4.82. The number of nitrogens with one attached hydrogen (secondary N) is 2. The lowest BCUT2D eigenvalue weighted by Crippen LogP contribution is -2.07. The van der Waals surface area contributed by atoms with E-state index in [1.54, 1.807) is 18.3 Å². The third-order valence-corrected chi connectivity index (χ3v) is 1.99. The second-order valence-corrected chi connectivity index (χ2v) is 3.20. The first kappa shape index (κ1) is 10.2. The monoisotopic (exact) mass is 213 g/mol. The van der Waals surface area contributed by atoms with Crippen LogP contribution in [-0.4, -0.2) is 16.1 Å². The van der Waals surface area contributed by atoms with Crippen LogP contribution in [0.25, 0.3) is 6.08 Å². The Morgan fingerprint density at radius 1 is 1.25 bits per heavy atom. The van der Waals surface area contributed by atoms with Gasteiger partial charge in [-0.15, -0.1) is 0 Å². The van der Waals surface area contributed by atoms with Gasteiger partial charge >= 0.3 is 0 Å². The van der Waals surface area contributed by atoms with E-state index < -0.39 is 0 Å². The number of carbonyl (C=O) groups is 1. The number of anilines is 1. The van der Waals surface area contributed by atoms with Crippen LogP contribution in [0, 0.1) is 0 Å². The van der Waals surface area contributed by atoms with Crippen LogP contribution < -0.4 is 5.32 Å². The fraction of sp³-hybridized carbons (Fsp3) is 0. The highest BCUT2D eigenvalue weighted by Gasteiger charge is 1.97. The van der Waals surface area contributed by atoms with E-state index in [1.165, 1.54) is 6.08 Å². The first-order chi connectivity index (χ1) is 7.84. The van der Waals surface area contributed by atoms with Gasteiger partial charge in [-0.05, 0) is 11.6 Å². The van der Waals surface area contributed by atoms with Crippen molar-refractivity contribution in [2.45, 2.75) is 0 Å². The van der Waals surface area contributed by atoms with Crippen molar-refractivity contribution in [2.24, 2.45) is 0 Å². The number of hydrogen-bond donors (Lipinski definition) is 2. The quantitative estimate of drug-likeness (QED) is 0.767. The summed E-state index contributed by atoms with van der Waals surface area (Å²) in [5, 5.41) is 9.03. The summed E-state index contributed by atoms with van der Waals surface area (Å²) in [5.74, 6) is 0.399. The largest absolute Gasteiger partial charge is 0.307 e. The number of nitrogens with zero attached hydrogens (tertiary/aromatic N) is 1. The topological polar surface area (TPSA) is 57.8 Å². The number of carbonyl (C=O) groups excluding carboxylic acids is 1. The Bertz CT molecular complexity index is 474. The van der Waals surface area contributed by atoms with Crippen LogP contribution in [0.4, 0.5) is 5.82 Å². The van der Waals surface area contributed by atoms with Gasteiger partial charge in [-0.2, -0.15) is 5.10 Å². The molecule has 0 saturated heterocycles. The molecule has 0 saturated carbocycles. The van der Waals surface area contributed by atoms with E-state index in [1.807, 2.05) is 30.3 Å². The highest BCUT2D eigenvalue weighted by atomic mass is 16.1. The summed E-state index contributed by atoms with van der Waals surface area (Å²) < 4.78 is 0. The molecule has 2 aromatic rings. The summed E-state index contributed by atoms with van der Waals surface area (Å²) in [4.78, 5) is 11.4. The van der Waals surface area contributed by atoms with Gasteiger partial charge in [0, 0.05) is 12.1 Å². The van der Waals surface area contributed by atoms with Gasteiger partial charge in [-0.3, -0.25) is 9.89 Å². The summed E-state index contributed by atoms with van der Waals surface area (Å²) in [6.45, 7) is 0. The van der Waals surface area contributed by atoms with E-state index in [-0.39, 0.29) is 5.91 Å². The minimum absolute atomic E-state index is 0.187. The molecule has 0 spiro atoms. The Labute approximate surface area is 93.0 Å². The van der Waals surface area contributed by atoms with Gasteiger partial charge in [-0.1, -0.05) is 30.3 Å². The van der Waals surface area contributed by atoms with Gasteiger partial charge in [0.2, 0.25) is 5.91 Å². The lowest BCUT2D eigenvalue weighted by atomic mass is 10.2. The summed E-state index contributed by atoms with van der Waals surface area (Å²) >= 11 is 0. The molecule has 2 N–H and O–H groups in total. The molecule has 80 valence electrons. The molecule has 0 radical (unpaired) electrons. The maximum Gasteiger partial charge on any atom is 0.249 e. The first-order valence-corrected chi connectivity index (χ1v) is 4.88. The van der Waals surface area contributed by atoms with Crippen molar-refractivity contribution in [3.63, 3.8) is 0 Å². The third kappa shape index (κ3) is 2.81. The van der Waals surface area contributed by atoms with Crippen LogP contribution in [0.15, 0.2) is 48.7 Å². The highest BCUT2D eigenvalue weighted by Crippen LogP contribution is 2.02. The minimum Gasteiger partial charge on any atom is -0.307 e. The van der Waals surface area contributed by atoms with Gasteiger partial charge < -0.3 is 5.32 Å². The number of benzene rings is 1. The summed E-state index contributed by atoms with van der Waals surface area (Å²) in [5.41, 5.74) is 0.988. The molecule has 0 aliphatic rings. The number of aromatic nitrogens is 2. The Balaban J connectivity index is 1.95. The van der Waals surface area contributed by atoms with Crippen LogP contribution in [0.2, 0.25) is 0 Å². The van der Waals surface area contributed by atoms with Crippen molar-refractivity contribution in [2.75, 3.05) is 5.32 Å². The average Bonchev–Trinajstić information content (AvgIpc) is 2.81. The molecule has 0 bridgehead atoms. The zero-order chi connectivity index (χ0) is 11.2. The maximum atomic E-state index is 11.4. The predicted molar refractivity (Wildman–Crippen MR) is 62.7 cm³/mol. The van der Waals surface area contributed by atoms with E-state index in [0.717, 1.165) is 5.56 Å². The first-order valence-electron chi connectivity index (χ1n) is 4.88. The van der Waals surface area contributed by atoms with Crippen LogP contribution in [0.1, 0.15) is 5.56 Å². The molecule has 16 heavy (non-hydrogen) atoms. The second kappa shape index (κ2) is 4.93. The summed E-state index contributed by atoms with van der Waals surface area (Å²) in [7, 11) is 0. The molecule has 1 aromatic heterocycles. The van der Waals surface area contributed by atoms with Gasteiger partial charge in [0.05, 0.1) is 6.20 Å². The number of amides is 1. The van der Waals surface area contributed by atoms with Crippen molar-refractivity contribution in [3.05, 3.63) is 54.2 Å². The average molecular weight is 213 g/mol. The van der Waals surface area contributed by atoms with Gasteiger partial charge in [0.25, 0.3) is 0 Å². The number of rotatable bonds is 3. The van der Waals surface area contributed by atoms with Crippen molar-refractivity contribution in [3.8, 4) is 0 Å². The molecule has 0 aliphatic carbocycles. The van der Waals surface area contributed by atoms with Crippen LogP contribution in [-0.2, 0) is 4.79 Å². The Morgan fingerprint density at radius 3 is 2.75 bits per heavy atom. The molecule has 4 nitrogen and oxygen atoms in total. The standard InChI is InChI=1S/C12H11N3O/c16-12(14-11-8-9-13-15-11)7-6-10-4-2-1-3-5-10/h1-9H,(H2,13,14,15,16)/b7-6+. The minimum atomic E-state index is -0.187. The molecule has 0 unspecified atom stereocenters. The van der Waals surface area contributed by atoms with Crippen LogP contribution in [0.3, 0.4) is 0 Å². The number of H-pyrrole nitrogens is 1. The van der Waals surface area contributed by atoms with Crippen molar-refractivity contribution < 1.29 is 4.79 Å². The Kier molecular flexibility index (Phi) is 3.13. The SMILES string of the molecule is O=C(/C=C/c1ccccc1)Nc1ccn[nH]1. The number of hydrogen-bond acceptors (Lipinski definition) is 2. The van der Waals surface area contributed by atoms with Gasteiger partial charge in [0.15, 0.2) is 0 Å². The fourth-order valence-electron chi connectivity index (χ4n) is 1.24. The smallest absolute Gasteiger partial charge is 0.249 e. The van der Waals surface area contributed by atoms with Crippen LogP contribution in [0.5, 0.6) is 0 Å². The van der Waals surface area contributed by atoms with Gasteiger partial charge in [-0.25, -0.2) is 0 Å². The third-order valence-electron chi connectivity index (χ3n) is 1.99. The zero-order valence-corrected chi connectivity index (χ0v) is 8.55. The molecular formula is C12H11N3O. The molecule has 1 amide bonds. The molecule has 2 rings (SSSR count). The second-order valence-electron chi connectivity index (χ2n) is 3.20. The fourth-order valence-corrected chi connectivity index (χ4v) is 1.24. The van der Waals surface area contributed by atoms with Crippen molar-refractivity contribution in [1.82, 2.24) is 10.2 Å². The number of aromatic amines is 1. The molecule has 4 heteroatoms. The maximum absolute atomic E-state index is 11.4. The lowest BCUT2D eigenvalue weighted by molar-refractivity contribution is -0.111. The van der Waals surface area contributed by atoms with Crippen molar-refractivity contribution >= 4 is 17.8 Å². The van der Waals surface area contributed by atoms with E-state index in [4.69, 9.17) is 0 Å². The zero-order valence-electron chi connectivity index (χ0n) is 8.55. The molecule has 1 aromatic carbocycles. The van der Waals surface area contributed by atoms with Gasteiger partial charge in [0.1, 0.15) is 5.82 Å². The summed E-state index contributed by atoms with van der Waals surface area (Å²) in [6, 6.07) is 11.3. The Morgan fingerprint density at radius 2 is 2.06 bits per heavy atom. The van der Waals surface area contributed by atoms with E-state index >= 15 is 0 Å². The Hall–Kier alpha value is -2.36. The van der Waals surface area contributed by atoms with Crippen molar-refractivity contribution in [1.29, 1.82) is 0 Å². The van der Waals surface area contributed by atoms with Crippen LogP contribution >= 0.6 is 0 Å². The lowest BCUT2D eigenvalue weighted by Gasteiger charge is -1.96. The molecule has 1 heterocycles. The van der Waals surface area contributed by atoms with E-state index in [9.17, 15) is 4.79 Å². The van der Waals surface area contributed by atoms with E-state index in [2.05, 4.69) is 15.5 Å². The molecule has 0 atom stereocenters. The molecule has 0 fully saturated rings. The predicted octanol–water partition coefficient (Wildman–Crippen LogP) is 2.06. The molecule has 0 aliphatic heterocycles. The molecular weight excluding hydrogens is 202 g/mol. The van der Waals surface area contributed by atoms with E-state index in [0.29, 0.717) is 5.82 Å². The normalized spacial score (nSPS) is 10.5.